The second kappa shape index (κ2) is 9.69. The Labute approximate surface area is 266 Å². The van der Waals surface area contributed by atoms with Crippen LogP contribution in [-0.2, 0) is 0 Å². The number of hydrogen-bond donors (Lipinski definition) is 1. The number of hydrogen-bond acceptors (Lipinski definition) is 1. The molecule has 214 valence electrons. The van der Waals surface area contributed by atoms with E-state index in [2.05, 4.69) is 174 Å². The highest BCUT2D eigenvalue weighted by molar-refractivity contribution is 6.27. The van der Waals surface area contributed by atoms with Crippen molar-refractivity contribution in [2.75, 3.05) is 4.90 Å². The number of benzene rings is 8. The van der Waals surface area contributed by atoms with Crippen molar-refractivity contribution in [3.63, 3.8) is 0 Å². The lowest BCUT2D eigenvalue weighted by molar-refractivity contribution is 1.30. The molecule has 0 atom stereocenters. The summed E-state index contributed by atoms with van der Waals surface area (Å²) in [5.74, 6) is 0. The molecule has 1 heterocycles. The molecule has 10 rings (SSSR count). The van der Waals surface area contributed by atoms with E-state index >= 15 is 0 Å². The second-order valence-electron chi connectivity index (χ2n) is 12.2. The van der Waals surface area contributed by atoms with Gasteiger partial charge in [-0.25, -0.2) is 0 Å². The maximum absolute atomic E-state index is 3.84. The number of fused-ring (bicyclic) bond motifs is 8. The molecule has 1 aliphatic carbocycles. The maximum atomic E-state index is 3.84. The summed E-state index contributed by atoms with van der Waals surface area (Å²) in [6.45, 7) is 0. The zero-order chi connectivity index (χ0) is 30.2. The van der Waals surface area contributed by atoms with Crippen LogP contribution in [0.2, 0.25) is 0 Å². The van der Waals surface area contributed by atoms with Gasteiger partial charge < -0.3 is 9.88 Å². The third kappa shape index (κ3) is 3.65. The Morgan fingerprint density at radius 2 is 1.11 bits per heavy atom. The van der Waals surface area contributed by atoms with Gasteiger partial charge in [-0.3, -0.25) is 0 Å². The lowest BCUT2D eigenvalue weighted by Gasteiger charge is -2.27. The number of aromatic amines is 1. The van der Waals surface area contributed by atoms with E-state index in [0.29, 0.717) is 0 Å². The van der Waals surface area contributed by atoms with Crippen molar-refractivity contribution in [2.24, 2.45) is 0 Å². The van der Waals surface area contributed by atoms with Crippen LogP contribution in [0.4, 0.5) is 17.1 Å². The molecular weight excluding hydrogens is 556 g/mol. The van der Waals surface area contributed by atoms with E-state index in [1.807, 2.05) is 0 Å². The van der Waals surface area contributed by atoms with Crippen molar-refractivity contribution in [3.8, 4) is 33.5 Å². The van der Waals surface area contributed by atoms with E-state index in [1.54, 1.807) is 0 Å². The molecule has 1 N–H and O–H groups in total. The molecule has 0 spiro atoms. The first kappa shape index (κ1) is 25.2. The molecule has 1 aliphatic rings. The number of anilines is 3. The second-order valence-corrected chi connectivity index (χ2v) is 12.2. The Hall–Kier alpha value is -6.12. The summed E-state index contributed by atoms with van der Waals surface area (Å²) in [7, 11) is 0. The number of nitrogens with zero attached hydrogens (tertiary/aromatic N) is 1. The summed E-state index contributed by atoms with van der Waals surface area (Å²) in [6.07, 6.45) is 0. The van der Waals surface area contributed by atoms with Gasteiger partial charge in [-0.2, -0.15) is 0 Å². The molecule has 0 saturated carbocycles. The first-order chi connectivity index (χ1) is 22.8. The largest absolute Gasteiger partial charge is 0.354 e. The highest BCUT2D eigenvalue weighted by Gasteiger charge is 2.27. The van der Waals surface area contributed by atoms with Crippen molar-refractivity contribution in [1.29, 1.82) is 0 Å². The van der Waals surface area contributed by atoms with Crippen LogP contribution < -0.4 is 4.90 Å². The van der Waals surface area contributed by atoms with Crippen LogP contribution in [0.1, 0.15) is 0 Å². The van der Waals surface area contributed by atoms with E-state index < -0.39 is 0 Å². The van der Waals surface area contributed by atoms with Crippen molar-refractivity contribution in [1.82, 2.24) is 4.98 Å². The van der Waals surface area contributed by atoms with Crippen molar-refractivity contribution < 1.29 is 0 Å². The average Bonchev–Trinajstić information content (AvgIpc) is 3.65. The molecule has 0 bridgehead atoms. The number of rotatable bonds is 4. The minimum Gasteiger partial charge on any atom is -0.354 e. The molecule has 0 radical (unpaired) electrons. The number of aromatic nitrogens is 1. The van der Waals surface area contributed by atoms with Crippen LogP contribution >= 0.6 is 0 Å². The zero-order valence-electron chi connectivity index (χ0n) is 25.0. The third-order valence-electron chi connectivity index (χ3n) is 9.67. The van der Waals surface area contributed by atoms with Crippen LogP contribution in [0.5, 0.6) is 0 Å². The van der Waals surface area contributed by atoms with Crippen molar-refractivity contribution >= 4 is 60.3 Å². The molecule has 0 amide bonds. The van der Waals surface area contributed by atoms with Gasteiger partial charge in [0, 0.05) is 38.8 Å². The molecule has 1 aromatic heterocycles. The monoisotopic (exact) mass is 584 g/mol. The van der Waals surface area contributed by atoms with Crippen molar-refractivity contribution in [2.45, 2.75) is 0 Å². The fourth-order valence-corrected chi connectivity index (χ4v) is 7.66. The highest BCUT2D eigenvalue weighted by Crippen LogP contribution is 2.53. The van der Waals surface area contributed by atoms with Gasteiger partial charge in [0.05, 0.1) is 11.4 Å². The first-order valence-electron chi connectivity index (χ1n) is 15.9. The van der Waals surface area contributed by atoms with Gasteiger partial charge in [0.25, 0.3) is 0 Å². The summed E-state index contributed by atoms with van der Waals surface area (Å²) < 4.78 is 0. The Morgan fingerprint density at radius 3 is 2.02 bits per heavy atom. The molecule has 0 aliphatic heterocycles. The van der Waals surface area contributed by atoms with Gasteiger partial charge in [0.1, 0.15) is 0 Å². The van der Waals surface area contributed by atoms with Crippen molar-refractivity contribution in [3.05, 3.63) is 164 Å². The summed E-state index contributed by atoms with van der Waals surface area (Å²) in [6, 6.07) is 59.5. The van der Waals surface area contributed by atoms with Gasteiger partial charge in [0.15, 0.2) is 0 Å². The van der Waals surface area contributed by atoms with Crippen LogP contribution in [0.15, 0.2) is 164 Å². The highest BCUT2D eigenvalue weighted by atomic mass is 15.1. The van der Waals surface area contributed by atoms with Gasteiger partial charge in [0.2, 0.25) is 0 Å². The molecule has 0 unspecified atom stereocenters. The predicted molar refractivity (Wildman–Crippen MR) is 195 cm³/mol. The minimum absolute atomic E-state index is 1.13. The molecule has 0 fully saturated rings. The quantitative estimate of drug-likeness (QED) is 0.204. The normalized spacial score (nSPS) is 11.9. The van der Waals surface area contributed by atoms with Gasteiger partial charge in [-0.15, -0.1) is 0 Å². The van der Waals surface area contributed by atoms with E-state index in [-0.39, 0.29) is 0 Å². The smallest absolute Gasteiger partial charge is 0.0557 e. The molecule has 8 aromatic carbocycles. The molecule has 9 aromatic rings. The predicted octanol–water partition coefficient (Wildman–Crippen LogP) is 12.4. The standard InChI is InChI=1S/C44H28N2/c1-2-16-33(17-3-1)46(40-22-10-13-28-11-4-6-19-35(28)40)34-18-8-14-29(26-34)30-23-24-39-38(27-30)42-37-21-9-15-32-25-31-12-5-7-20-36(31)43(41(32)37)44(42)45-39/h1-27,45H. The maximum Gasteiger partial charge on any atom is 0.0557 e. The fraction of sp³-hybridized carbons (Fsp3) is 0. The first-order valence-corrected chi connectivity index (χ1v) is 15.9. The molecule has 2 nitrogen and oxygen atoms in total. The molecular formula is C44H28N2. The number of nitrogens with one attached hydrogen (secondary N) is 1. The zero-order valence-corrected chi connectivity index (χ0v) is 25.0. The molecule has 46 heavy (non-hydrogen) atoms. The van der Waals surface area contributed by atoms with Crippen LogP contribution in [-0.4, -0.2) is 4.98 Å². The topological polar surface area (TPSA) is 19.0 Å². The van der Waals surface area contributed by atoms with Gasteiger partial charge in [-0.05, 0) is 92.2 Å². The van der Waals surface area contributed by atoms with Crippen LogP contribution in [0.25, 0.3) is 76.7 Å². The summed E-state index contributed by atoms with van der Waals surface area (Å²) in [5, 5.41) is 8.94. The Bertz CT molecular complexity index is 2640. The van der Waals surface area contributed by atoms with Crippen LogP contribution in [0.3, 0.4) is 0 Å². The number of para-hydroxylation sites is 1. The Morgan fingerprint density at radius 1 is 0.413 bits per heavy atom. The molecule has 2 heteroatoms. The lowest BCUT2D eigenvalue weighted by atomic mass is 9.96. The van der Waals surface area contributed by atoms with Crippen LogP contribution in [0, 0.1) is 0 Å². The summed E-state index contributed by atoms with van der Waals surface area (Å²) in [5.41, 5.74) is 12.2. The van der Waals surface area contributed by atoms with E-state index in [1.165, 1.54) is 82.4 Å². The van der Waals surface area contributed by atoms with E-state index in [0.717, 1.165) is 11.4 Å². The summed E-state index contributed by atoms with van der Waals surface area (Å²) >= 11 is 0. The van der Waals surface area contributed by atoms with E-state index in [4.69, 9.17) is 0 Å². The minimum atomic E-state index is 1.13. The van der Waals surface area contributed by atoms with Gasteiger partial charge >= 0.3 is 0 Å². The Kier molecular flexibility index (Phi) is 5.31. The lowest BCUT2D eigenvalue weighted by Crippen LogP contribution is -2.10. The average molecular weight is 585 g/mol. The van der Waals surface area contributed by atoms with Gasteiger partial charge in [-0.1, -0.05) is 115 Å². The summed E-state index contributed by atoms with van der Waals surface area (Å²) in [4.78, 5) is 6.21. The SMILES string of the molecule is c1ccc(N(c2cccc(-c3ccc4[nH]c5c(c4c3)-c3cccc4cc6ccccc6c-5c34)c2)c2cccc3ccccc23)cc1. The number of H-pyrrole nitrogens is 1. The molecule has 0 saturated heterocycles. The fourth-order valence-electron chi connectivity index (χ4n) is 7.66. The Balaban J connectivity index is 1.15. The van der Waals surface area contributed by atoms with E-state index in [9.17, 15) is 0 Å². The third-order valence-corrected chi connectivity index (χ3v) is 9.67.